The monoisotopic (exact) mass is 449 g/mol. The number of ketones is 1. The number of para-hydroxylation sites is 1. The number of carbonyl (C=O) groups excluding carboxylic acids is 2. The molecule has 1 atom stereocenters. The van der Waals surface area contributed by atoms with Gasteiger partial charge in [0.2, 0.25) is 0 Å². The number of amides is 1. The molecule has 33 heavy (non-hydrogen) atoms. The summed E-state index contributed by atoms with van der Waals surface area (Å²) in [6, 6.07) is 6.46. The number of nitrogens with zero attached hydrogens (tertiary/aromatic N) is 5. The van der Waals surface area contributed by atoms with Crippen molar-refractivity contribution in [2.45, 2.75) is 32.9 Å². The number of aliphatic hydroxyl groups excluding tert-OH is 1. The maximum absolute atomic E-state index is 13.2. The molecule has 3 heterocycles. The number of imidazole rings is 1. The third-order valence-corrected chi connectivity index (χ3v) is 6.09. The molecular weight excluding hydrogens is 422 g/mol. The summed E-state index contributed by atoms with van der Waals surface area (Å²) in [4.78, 5) is 31.9. The fourth-order valence-electron chi connectivity index (χ4n) is 4.42. The lowest BCUT2D eigenvalue weighted by atomic mass is 9.94. The summed E-state index contributed by atoms with van der Waals surface area (Å²) in [7, 11) is 3.31. The molecule has 4 rings (SSSR count). The Bertz CT molecular complexity index is 1230. The predicted molar refractivity (Wildman–Crippen MR) is 122 cm³/mol. The molecule has 0 aliphatic carbocycles. The molecule has 0 bridgehead atoms. The molecule has 0 unspecified atom stereocenters. The molecule has 2 aromatic heterocycles. The molecule has 1 saturated heterocycles. The highest BCUT2D eigenvalue weighted by Gasteiger charge is 2.47. The van der Waals surface area contributed by atoms with Crippen LogP contribution in [0.2, 0.25) is 0 Å². The summed E-state index contributed by atoms with van der Waals surface area (Å²) in [5.74, 6) is -1.04. The molecule has 3 aromatic rings. The van der Waals surface area contributed by atoms with E-state index in [4.69, 9.17) is 4.74 Å². The van der Waals surface area contributed by atoms with Gasteiger partial charge in [-0.15, -0.1) is 0 Å². The van der Waals surface area contributed by atoms with Gasteiger partial charge in [0.25, 0.3) is 11.7 Å². The highest BCUT2D eigenvalue weighted by atomic mass is 16.5. The molecule has 9 heteroatoms. The van der Waals surface area contributed by atoms with Crippen LogP contribution in [0.15, 0.2) is 48.6 Å². The first-order chi connectivity index (χ1) is 15.8. The molecule has 0 radical (unpaired) electrons. The summed E-state index contributed by atoms with van der Waals surface area (Å²) < 4.78 is 9.10. The van der Waals surface area contributed by atoms with E-state index >= 15 is 0 Å². The maximum Gasteiger partial charge on any atom is 0.295 e. The Morgan fingerprint density at radius 2 is 1.94 bits per heavy atom. The molecule has 172 valence electrons. The van der Waals surface area contributed by atoms with Crippen LogP contribution < -0.4 is 4.74 Å². The van der Waals surface area contributed by atoms with Crippen LogP contribution in [0.3, 0.4) is 0 Å². The van der Waals surface area contributed by atoms with Crippen molar-refractivity contribution >= 4 is 17.4 Å². The minimum atomic E-state index is -0.775. The van der Waals surface area contributed by atoms with Crippen LogP contribution in [0.4, 0.5) is 0 Å². The van der Waals surface area contributed by atoms with Gasteiger partial charge >= 0.3 is 0 Å². The summed E-state index contributed by atoms with van der Waals surface area (Å²) in [5.41, 5.74) is 2.44. The number of aliphatic hydroxyl groups is 1. The second-order valence-corrected chi connectivity index (χ2v) is 8.06. The predicted octanol–water partition coefficient (Wildman–Crippen LogP) is 2.75. The minimum absolute atomic E-state index is 0.0475. The second-order valence-electron chi connectivity index (χ2n) is 8.06. The average molecular weight is 450 g/mol. The van der Waals surface area contributed by atoms with Crippen molar-refractivity contribution in [3.05, 3.63) is 71.1 Å². The van der Waals surface area contributed by atoms with Crippen LogP contribution in [0, 0.1) is 13.8 Å². The molecule has 1 fully saturated rings. The van der Waals surface area contributed by atoms with E-state index < -0.39 is 17.7 Å². The lowest BCUT2D eigenvalue weighted by Crippen LogP contribution is -2.31. The van der Waals surface area contributed by atoms with Crippen molar-refractivity contribution in [2.24, 2.45) is 7.05 Å². The van der Waals surface area contributed by atoms with Gasteiger partial charge in [0.15, 0.2) is 0 Å². The number of methoxy groups -OCH3 is 1. The van der Waals surface area contributed by atoms with E-state index in [-0.39, 0.29) is 11.3 Å². The number of hydrogen-bond acceptors (Lipinski definition) is 6. The topological polar surface area (TPSA) is 102 Å². The molecule has 1 aromatic carbocycles. The van der Waals surface area contributed by atoms with Crippen LogP contribution >= 0.6 is 0 Å². The van der Waals surface area contributed by atoms with Gasteiger partial charge in [0, 0.05) is 43.8 Å². The first kappa shape index (κ1) is 22.3. The number of benzene rings is 1. The van der Waals surface area contributed by atoms with E-state index in [0.717, 1.165) is 0 Å². The summed E-state index contributed by atoms with van der Waals surface area (Å²) in [5, 5.41) is 15.7. The Morgan fingerprint density at radius 1 is 1.18 bits per heavy atom. The van der Waals surface area contributed by atoms with Gasteiger partial charge in [-0.25, -0.2) is 4.98 Å². The number of aryl methyl sites for hydroxylation is 3. The fourth-order valence-corrected chi connectivity index (χ4v) is 4.42. The van der Waals surface area contributed by atoms with E-state index in [0.29, 0.717) is 47.8 Å². The number of ether oxygens (including phenoxy) is 1. The lowest BCUT2D eigenvalue weighted by molar-refractivity contribution is -0.140. The molecule has 1 N–H and O–H groups in total. The maximum atomic E-state index is 13.2. The smallest absolute Gasteiger partial charge is 0.295 e. The zero-order chi connectivity index (χ0) is 23.7. The van der Waals surface area contributed by atoms with Gasteiger partial charge in [-0.2, -0.15) is 5.10 Å². The zero-order valence-corrected chi connectivity index (χ0v) is 19.1. The molecule has 1 aliphatic rings. The van der Waals surface area contributed by atoms with Crippen LogP contribution in [0.25, 0.3) is 5.76 Å². The van der Waals surface area contributed by atoms with Crippen LogP contribution in [0.5, 0.6) is 5.75 Å². The standard InChI is InChI=1S/C24H27N5O4/c1-15-19(16(2)27(3)26-15)22(30)20-21(17-8-5-6-9-18(17)33-4)29(24(32)23(20)31)12-7-11-28-13-10-25-14-28/h5-6,8-10,13-14,21,30H,7,11-12H2,1-4H3/t21-/m0/s1. The quantitative estimate of drug-likeness (QED) is 0.338. The minimum Gasteiger partial charge on any atom is -0.507 e. The van der Waals surface area contributed by atoms with Crippen molar-refractivity contribution in [1.82, 2.24) is 24.2 Å². The molecule has 9 nitrogen and oxygen atoms in total. The summed E-state index contributed by atoms with van der Waals surface area (Å²) in [6.07, 6.45) is 5.86. The summed E-state index contributed by atoms with van der Waals surface area (Å²) in [6.45, 7) is 4.55. The Labute approximate surface area is 191 Å². The number of carbonyl (C=O) groups is 2. The Morgan fingerprint density at radius 3 is 2.58 bits per heavy atom. The number of likely N-dealkylation sites (tertiary alicyclic amines) is 1. The van der Waals surface area contributed by atoms with Crippen molar-refractivity contribution in [3.8, 4) is 5.75 Å². The third kappa shape index (κ3) is 3.90. The van der Waals surface area contributed by atoms with Gasteiger partial charge < -0.3 is 19.3 Å². The summed E-state index contributed by atoms with van der Waals surface area (Å²) >= 11 is 0. The van der Waals surface area contributed by atoms with Gasteiger partial charge in [-0.05, 0) is 26.3 Å². The van der Waals surface area contributed by atoms with Gasteiger partial charge in [0.05, 0.1) is 36.3 Å². The van der Waals surface area contributed by atoms with Crippen LogP contribution in [0.1, 0.15) is 35.0 Å². The van der Waals surface area contributed by atoms with E-state index in [1.54, 1.807) is 44.4 Å². The number of Topliss-reactive ketones (excluding diaryl/α,β-unsaturated/α-hetero) is 1. The van der Waals surface area contributed by atoms with Gasteiger partial charge in [-0.3, -0.25) is 14.3 Å². The van der Waals surface area contributed by atoms with Crippen LogP contribution in [-0.2, 0) is 23.2 Å². The van der Waals surface area contributed by atoms with E-state index in [2.05, 4.69) is 10.1 Å². The highest BCUT2D eigenvalue weighted by Crippen LogP contribution is 2.43. The van der Waals surface area contributed by atoms with Crippen molar-refractivity contribution < 1.29 is 19.4 Å². The first-order valence-electron chi connectivity index (χ1n) is 10.7. The first-order valence-corrected chi connectivity index (χ1v) is 10.7. The SMILES string of the molecule is COc1ccccc1[C@H]1C(=C(O)c2c(C)nn(C)c2C)C(=O)C(=O)N1CCCn1ccnc1. The molecule has 0 spiro atoms. The second kappa shape index (κ2) is 8.93. The Balaban J connectivity index is 1.82. The third-order valence-electron chi connectivity index (χ3n) is 6.09. The van der Waals surface area contributed by atoms with Crippen molar-refractivity contribution in [1.29, 1.82) is 0 Å². The Hall–Kier alpha value is -3.88. The normalized spacial score (nSPS) is 17.7. The Kier molecular flexibility index (Phi) is 6.04. The van der Waals surface area contributed by atoms with Crippen molar-refractivity contribution in [2.75, 3.05) is 13.7 Å². The average Bonchev–Trinajstić information content (AvgIpc) is 3.47. The van der Waals surface area contributed by atoms with Crippen molar-refractivity contribution in [3.63, 3.8) is 0 Å². The molecule has 1 aliphatic heterocycles. The van der Waals surface area contributed by atoms with Gasteiger partial charge in [-0.1, -0.05) is 18.2 Å². The number of rotatable bonds is 7. The van der Waals surface area contributed by atoms with E-state index in [9.17, 15) is 14.7 Å². The lowest BCUT2D eigenvalue weighted by Gasteiger charge is -2.26. The number of hydrogen-bond donors (Lipinski definition) is 1. The molecule has 0 saturated carbocycles. The molecular formula is C24H27N5O4. The number of aromatic nitrogens is 4. The van der Waals surface area contributed by atoms with Crippen LogP contribution in [-0.4, -0.2) is 54.7 Å². The molecule has 1 amide bonds. The zero-order valence-electron chi connectivity index (χ0n) is 19.1. The van der Waals surface area contributed by atoms with E-state index in [1.807, 2.05) is 35.9 Å². The van der Waals surface area contributed by atoms with Gasteiger partial charge in [0.1, 0.15) is 11.5 Å². The highest BCUT2D eigenvalue weighted by molar-refractivity contribution is 6.46. The van der Waals surface area contributed by atoms with E-state index in [1.165, 1.54) is 4.90 Å². The fraction of sp³-hybridized carbons (Fsp3) is 0.333. The largest absolute Gasteiger partial charge is 0.507 e.